The fourth-order valence-corrected chi connectivity index (χ4v) is 3.00. The first-order valence-corrected chi connectivity index (χ1v) is 9.07. The van der Waals surface area contributed by atoms with Crippen molar-refractivity contribution in [1.29, 1.82) is 0 Å². The van der Waals surface area contributed by atoms with E-state index in [1.165, 1.54) is 17.3 Å². The van der Waals surface area contributed by atoms with Crippen LogP contribution in [-0.4, -0.2) is 26.8 Å². The van der Waals surface area contributed by atoms with E-state index in [1.54, 1.807) is 0 Å². The second kappa shape index (κ2) is 7.98. The van der Waals surface area contributed by atoms with Gasteiger partial charge in [-0.25, -0.2) is 4.98 Å². The van der Waals surface area contributed by atoms with Gasteiger partial charge in [-0.1, -0.05) is 71.9 Å². The molecular weight excluding hydrogens is 332 g/mol. The molecule has 1 atom stereocenters. The fourth-order valence-electron chi connectivity index (χ4n) is 2.39. The van der Waals surface area contributed by atoms with E-state index in [-0.39, 0.29) is 17.7 Å². The zero-order valence-electron chi connectivity index (χ0n) is 14.2. The fraction of sp³-hybridized carbons (Fsp3) is 0.211. The molecule has 128 valence electrons. The van der Waals surface area contributed by atoms with Crippen LogP contribution in [0.2, 0.25) is 0 Å². The van der Waals surface area contributed by atoms with Gasteiger partial charge in [-0.3, -0.25) is 9.89 Å². The molecule has 0 aliphatic heterocycles. The number of carbonyl (C=O) groups excluding carboxylic acids is 1. The largest absolute Gasteiger partial charge is 0.349 e. The summed E-state index contributed by atoms with van der Waals surface area (Å²) < 4.78 is 0. The van der Waals surface area contributed by atoms with Crippen LogP contribution in [0.5, 0.6) is 0 Å². The highest BCUT2D eigenvalue weighted by atomic mass is 32.2. The summed E-state index contributed by atoms with van der Waals surface area (Å²) in [6.07, 6.45) is 0. The van der Waals surface area contributed by atoms with E-state index in [1.807, 2.05) is 68.4 Å². The Morgan fingerprint density at radius 2 is 1.88 bits per heavy atom. The quantitative estimate of drug-likeness (QED) is 0.663. The molecule has 0 radical (unpaired) electrons. The van der Waals surface area contributed by atoms with Gasteiger partial charge in [-0.2, -0.15) is 0 Å². The van der Waals surface area contributed by atoms with Gasteiger partial charge < -0.3 is 5.32 Å². The van der Waals surface area contributed by atoms with Crippen molar-refractivity contribution in [2.24, 2.45) is 0 Å². The van der Waals surface area contributed by atoms with Crippen molar-refractivity contribution in [2.45, 2.75) is 25.0 Å². The number of amides is 1. The number of H-pyrrole nitrogens is 1. The Morgan fingerprint density at radius 3 is 2.60 bits per heavy atom. The lowest BCUT2D eigenvalue weighted by Gasteiger charge is -2.13. The summed E-state index contributed by atoms with van der Waals surface area (Å²) in [4.78, 5) is 16.6. The van der Waals surface area contributed by atoms with Crippen molar-refractivity contribution in [3.63, 3.8) is 0 Å². The number of nitrogens with zero attached hydrogens (tertiary/aromatic N) is 2. The van der Waals surface area contributed by atoms with Crippen LogP contribution in [-0.2, 0) is 4.79 Å². The molecule has 1 amide bonds. The van der Waals surface area contributed by atoms with E-state index < -0.39 is 0 Å². The molecule has 1 aromatic heterocycles. The molecule has 1 heterocycles. The second-order valence-electron chi connectivity index (χ2n) is 5.82. The normalized spacial score (nSPS) is 11.9. The van der Waals surface area contributed by atoms with Gasteiger partial charge in [0.05, 0.1) is 11.8 Å². The first kappa shape index (κ1) is 17.2. The zero-order valence-corrected chi connectivity index (χ0v) is 15.0. The Bertz CT molecular complexity index is 830. The van der Waals surface area contributed by atoms with Crippen LogP contribution in [0.4, 0.5) is 0 Å². The van der Waals surface area contributed by atoms with Gasteiger partial charge in [-0.15, -0.1) is 5.10 Å². The number of carbonyl (C=O) groups is 1. The molecule has 3 rings (SSSR count). The molecule has 0 aliphatic rings. The molecule has 0 saturated carbocycles. The number of aromatic amines is 1. The van der Waals surface area contributed by atoms with Crippen molar-refractivity contribution in [3.8, 4) is 11.4 Å². The number of hydrogen-bond acceptors (Lipinski definition) is 4. The first-order valence-electron chi connectivity index (χ1n) is 8.08. The van der Waals surface area contributed by atoms with Gasteiger partial charge in [0.15, 0.2) is 5.82 Å². The number of aryl methyl sites for hydroxylation is 1. The number of hydrogen-bond donors (Lipinski definition) is 2. The smallest absolute Gasteiger partial charge is 0.230 e. The zero-order chi connectivity index (χ0) is 17.6. The Morgan fingerprint density at radius 1 is 1.16 bits per heavy atom. The minimum Gasteiger partial charge on any atom is -0.349 e. The van der Waals surface area contributed by atoms with Crippen molar-refractivity contribution < 1.29 is 4.79 Å². The van der Waals surface area contributed by atoms with Gasteiger partial charge in [-0.05, 0) is 19.4 Å². The van der Waals surface area contributed by atoms with E-state index >= 15 is 0 Å². The highest BCUT2D eigenvalue weighted by Gasteiger charge is 2.12. The predicted molar refractivity (Wildman–Crippen MR) is 100 cm³/mol. The van der Waals surface area contributed by atoms with Crippen LogP contribution in [0.3, 0.4) is 0 Å². The second-order valence-corrected chi connectivity index (χ2v) is 6.76. The number of rotatable bonds is 6. The lowest BCUT2D eigenvalue weighted by molar-refractivity contribution is -0.119. The summed E-state index contributed by atoms with van der Waals surface area (Å²) in [6, 6.07) is 17.9. The van der Waals surface area contributed by atoms with Crippen molar-refractivity contribution in [1.82, 2.24) is 20.5 Å². The van der Waals surface area contributed by atoms with E-state index in [0.29, 0.717) is 11.0 Å². The molecule has 25 heavy (non-hydrogen) atoms. The molecule has 5 nitrogen and oxygen atoms in total. The Balaban J connectivity index is 1.53. The van der Waals surface area contributed by atoms with Gasteiger partial charge in [0.25, 0.3) is 0 Å². The van der Waals surface area contributed by atoms with E-state index in [2.05, 4.69) is 20.5 Å². The van der Waals surface area contributed by atoms with Crippen LogP contribution < -0.4 is 5.32 Å². The third-order valence-electron chi connectivity index (χ3n) is 3.80. The maximum Gasteiger partial charge on any atom is 0.230 e. The third kappa shape index (κ3) is 4.70. The Hall–Kier alpha value is -2.60. The number of aromatic nitrogens is 3. The molecular formula is C19H20N4OS. The molecule has 2 N–H and O–H groups in total. The molecule has 0 aliphatic carbocycles. The standard InChI is InChI=1S/C19H20N4OS/c1-13-8-10-16(11-9-13)18-21-19(23-22-18)25-12-17(24)20-14(2)15-6-4-3-5-7-15/h3-11,14H,12H2,1-2H3,(H,20,24)(H,21,22,23)/t14-/m0/s1. The molecule has 3 aromatic rings. The van der Waals surface area contributed by atoms with E-state index in [0.717, 1.165) is 11.1 Å². The van der Waals surface area contributed by atoms with Gasteiger partial charge >= 0.3 is 0 Å². The van der Waals surface area contributed by atoms with Crippen LogP contribution in [0.25, 0.3) is 11.4 Å². The van der Waals surface area contributed by atoms with E-state index in [4.69, 9.17) is 0 Å². The average Bonchev–Trinajstić information content (AvgIpc) is 3.10. The molecule has 0 saturated heterocycles. The minimum absolute atomic E-state index is 0.0236. The summed E-state index contributed by atoms with van der Waals surface area (Å²) in [5.74, 6) is 0.950. The van der Waals surface area contributed by atoms with Gasteiger partial charge in [0.2, 0.25) is 11.1 Å². The lowest BCUT2D eigenvalue weighted by Crippen LogP contribution is -2.28. The predicted octanol–water partition coefficient (Wildman–Crippen LogP) is 3.75. The van der Waals surface area contributed by atoms with Crippen LogP contribution in [0, 0.1) is 6.92 Å². The van der Waals surface area contributed by atoms with E-state index in [9.17, 15) is 4.79 Å². The summed E-state index contributed by atoms with van der Waals surface area (Å²) in [5, 5.41) is 10.6. The molecule has 0 unspecified atom stereocenters. The minimum atomic E-state index is -0.0389. The molecule has 2 aromatic carbocycles. The van der Waals surface area contributed by atoms with Crippen LogP contribution in [0.1, 0.15) is 24.1 Å². The average molecular weight is 352 g/mol. The highest BCUT2D eigenvalue weighted by Crippen LogP contribution is 2.20. The summed E-state index contributed by atoms with van der Waals surface area (Å²) in [6.45, 7) is 4.01. The monoisotopic (exact) mass is 352 g/mol. The summed E-state index contributed by atoms with van der Waals surface area (Å²) in [7, 11) is 0. The van der Waals surface area contributed by atoms with Crippen molar-refractivity contribution >= 4 is 17.7 Å². The molecule has 0 fully saturated rings. The van der Waals surface area contributed by atoms with Crippen molar-refractivity contribution in [3.05, 3.63) is 65.7 Å². The van der Waals surface area contributed by atoms with Crippen LogP contribution in [0.15, 0.2) is 59.8 Å². The third-order valence-corrected chi connectivity index (χ3v) is 4.65. The Kier molecular flexibility index (Phi) is 5.50. The van der Waals surface area contributed by atoms with Crippen LogP contribution >= 0.6 is 11.8 Å². The molecule has 0 spiro atoms. The lowest BCUT2D eigenvalue weighted by atomic mass is 10.1. The molecule has 6 heteroatoms. The highest BCUT2D eigenvalue weighted by molar-refractivity contribution is 7.99. The Labute approximate surface area is 151 Å². The summed E-state index contributed by atoms with van der Waals surface area (Å²) in [5.41, 5.74) is 3.26. The number of nitrogens with one attached hydrogen (secondary N) is 2. The van der Waals surface area contributed by atoms with Crippen molar-refractivity contribution in [2.75, 3.05) is 5.75 Å². The maximum atomic E-state index is 12.1. The first-order chi connectivity index (χ1) is 12.1. The maximum absolute atomic E-state index is 12.1. The number of thioether (sulfide) groups is 1. The van der Waals surface area contributed by atoms with Gasteiger partial charge in [0.1, 0.15) is 0 Å². The number of benzene rings is 2. The topological polar surface area (TPSA) is 70.7 Å². The van der Waals surface area contributed by atoms with Gasteiger partial charge in [0, 0.05) is 5.56 Å². The molecule has 0 bridgehead atoms. The SMILES string of the molecule is Cc1ccc(-c2nc(SCC(=O)N[C@@H](C)c3ccccc3)n[nH]2)cc1. The summed E-state index contributed by atoms with van der Waals surface area (Å²) >= 11 is 1.32.